The number of imide groups is 1. The Morgan fingerprint density at radius 2 is 1.88 bits per heavy atom. The van der Waals surface area contributed by atoms with Gasteiger partial charge in [0.2, 0.25) is 5.91 Å². The van der Waals surface area contributed by atoms with Crippen LogP contribution in [-0.4, -0.2) is 44.2 Å². The van der Waals surface area contributed by atoms with Crippen molar-refractivity contribution in [1.29, 1.82) is 0 Å². The number of carbonyl (C=O) groups is 3. The van der Waals surface area contributed by atoms with Crippen LogP contribution in [-0.2, 0) is 4.79 Å². The second kappa shape index (κ2) is 8.39. The number of carbonyl (C=O) groups excluding carboxylic acids is 3. The summed E-state index contributed by atoms with van der Waals surface area (Å²) in [4.78, 5) is 34.0. The summed E-state index contributed by atoms with van der Waals surface area (Å²) in [7, 11) is 1.44. The largest absolute Gasteiger partial charge is 0.405 e. The first-order valence-corrected chi connectivity index (χ1v) is 6.90. The zero-order valence-corrected chi connectivity index (χ0v) is 13.1. The van der Waals surface area contributed by atoms with Gasteiger partial charge < -0.3 is 16.0 Å². The smallest absolute Gasteiger partial charge is 0.376 e. The van der Waals surface area contributed by atoms with Crippen molar-refractivity contribution < 1.29 is 27.6 Å². The van der Waals surface area contributed by atoms with E-state index in [-0.39, 0.29) is 23.0 Å². The molecule has 0 atom stereocenters. The average molecular weight is 367 g/mol. The van der Waals surface area contributed by atoms with Crippen molar-refractivity contribution in [3.8, 4) is 0 Å². The molecule has 0 saturated heterocycles. The Morgan fingerprint density at radius 3 is 2.42 bits per heavy atom. The maximum absolute atomic E-state index is 11.9. The molecule has 0 fully saturated rings. The Hall–Kier alpha value is -2.49. The van der Waals surface area contributed by atoms with Crippen molar-refractivity contribution in [1.82, 2.24) is 16.0 Å². The highest BCUT2D eigenvalue weighted by atomic mass is 35.5. The first-order valence-electron chi connectivity index (χ1n) is 6.52. The monoisotopic (exact) mass is 366 g/mol. The molecule has 1 rings (SSSR count). The standard InChI is InChI=1S/C13H14ClF3N4O3/c1-18-11(23)8-3-2-7(4-9(8)14)19-5-10(22)21-12(24)20-6-13(15,16)17/h2-4,19H,5-6H2,1H3,(H,18,23)(H2,20,21,22,24). The van der Waals surface area contributed by atoms with E-state index in [1.54, 1.807) is 5.32 Å². The number of benzene rings is 1. The Labute approximate surface area is 139 Å². The second-order valence-corrected chi connectivity index (χ2v) is 4.88. The maximum atomic E-state index is 11.9. The molecule has 0 aliphatic rings. The number of nitrogens with one attached hydrogen (secondary N) is 4. The van der Waals surface area contributed by atoms with Gasteiger partial charge in [-0.2, -0.15) is 13.2 Å². The van der Waals surface area contributed by atoms with Gasteiger partial charge in [-0.15, -0.1) is 0 Å². The molecule has 0 spiro atoms. The Balaban J connectivity index is 2.48. The summed E-state index contributed by atoms with van der Waals surface area (Å²) in [6.07, 6.45) is -4.57. The van der Waals surface area contributed by atoms with Gasteiger partial charge in [-0.05, 0) is 18.2 Å². The van der Waals surface area contributed by atoms with Crippen LogP contribution in [0, 0.1) is 0 Å². The van der Waals surface area contributed by atoms with E-state index < -0.39 is 24.7 Å². The van der Waals surface area contributed by atoms with Gasteiger partial charge >= 0.3 is 12.2 Å². The highest BCUT2D eigenvalue weighted by Crippen LogP contribution is 2.20. The van der Waals surface area contributed by atoms with E-state index in [1.165, 1.54) is 30.6 Å². The van der Waals surface area contributed by atoms with E-state index in [1.807, 2.05) is 0 Å². The number of hydrogen-bond donors (Lipinski definition) is 4. The van der Waals surface area contributed by atoms with Crippen LogP contribution < -0.4 is 21.3 Å². The quantitative estimate of drug-likeness (QED) is 0.634. The molecule has 0 aliphatic heterocycles. The first-order chi connectivity index (χ1) is 11.1. The molecule has 24 heavy (non-hydrogen) atoms. The lowest BCUT2D eigenvalue weighted by atomic mass is 10.2. The van der Waals surface area contributed by atoms with Crippen LogP contribution in [0.25, 0.3) is 0 Å². The number of urea groups is 1. The lowest BCUT2D eigenvalue weighted by Gasteiger charge is -2.10. The summed E-state index contributed by atoms with van der Waals surface area (Å²) in [5, 5.41) is 8.39. The predicted octanol–water partition coefficient (Wildman–Crippen LogP) is 1.50. The third kappa shape index (κ3) is 6.73. The minimum Gasteiger partial charge on any atom is -0.376 e. The van der Waals surface area contributed by atoms with Crippen LogP contribution in [0.4, 0.5) is 23.7 Å². The van der Waals surface area contributed by atoms with Crippen LogP contribution >= 0.6 is 11.6 Å². The summed E-state index contributed by atoms with van der Waals surface area (Å²) in [5.41, 5.74) is 0.624. The maximum Gasteiger partial charge on any atom is 0.405 e. The van der Waals surface area contributed by atoms with Gasteiger partial charge in [0.15, 0.2) is 0 Å². The highest BCUT2D eigenvalue weighted by molar-refractivity contribution is 6.34. The zero-order valence-electron chi connectivity index (χ0n) is 12.4. The van der Waals surface area contributed by atoms with E-state index in [4.69, 9.17) is 11.6 Å². The summed E-state index contributed by atoms with van der Waals surface area (Å²) >= 11 is 5.91. The molecule has 0 radical (unpaired) electrons. The molecule has 0 unspecified atom stereocenters. The van der Waals surface area contributed by atoms with Gasteiger partial charge in [0.05, 0.1) is 17.1 Å². The van der Waals surface area contributed by atoms with Crippen molar-refractivity contribution in [3.63, 3.8) is 0 Å². The van der Waals surface area contributed by atoms with E-state index in [9.17, 15) is 27.6 Å². The zero-order chi connectivity index (χ0) is 18.3. The average Bonchev–Trinajstić information content (AvgIpc) is 2.49. The molecular weight excluding hydrogens is 353 g/mol. The van der Waals surface area contributed by atoms with Crippen molar-refractivity contribution in [2.75, 3.05) is 25.5 Å². The van der Waals surface area contributed by atoms with Crippen molar-refractivity contribution in [2.45, 2.75) is 6.18 Å². The molecule has 1 aromatic rings. The predicted molar refractivity (Wildman–Crippen MR) is 80.9 cm³/mol. The molecule has 132 valence electrons. The normalized spacial score (nSPS) is 10.7. The molecule has 1 aromatic carbocycles. The SMILES string of the molecule is CNC(=O)c1ccc(NCC(=O)NC(=O)NCC(F)(F)F)cc1Cl. The lowest BCUT2D eigenvalue weighted by Crippen LogP contribution is -2.45. The molecule has 0 bridgehead atoms. The van der Waals surface area contributed by atoms with Gasteiger partial charge in [-0.1, -0.05) is 11.6 Å². The minimum absolute atomic E-state index is 0.141. The molecule has 0 saturated carbocycles. The molecule has 4 N–H and O–H groups in total. The Kier molecular flexibility index (Phi) is 6.83. The Morgan fingerprint density at radius 1 is 1.21 bits per heavy atom. The summed E-state index contributed by atoms with van der Waals surface area (Å²) in [6, 6.07) is 3.04. The molecule has 0 heterocycles. The molecule has 11 heteroatoms. The van der Waals surface area contributed by atoms with Crippen molar-refractivity contribution in [2.24, 2.45) is 0 Å². The van der Waals surface area contributed by atoms with E-state index >= 15 is 0 Å². The first kappa shape index (κ1) is 19.6. The van der Waals surface area contributed by atoms with Crippen LogP contribution in [0.2, 0.25) is 5.02 Å². The second-order valence-electron chi connectivity index (χ2n) is 4.47. The molecular formula is C13H14ClF3N4O3. The van der Waals surface area contributed by atoms with Crippen LogP contribution in [0.15, 0.2) is 18.2 Å². The fourth-order valence-corrected chi connectivity index (χ4v) is 1.79. The number of halogens is 4. The van der Waals surface area contributed by atoms with E-state index in [0.717, 1.165) is 0 Å². The van der Waals surface area contributed by atoms with Crippen LogP contribution in [0.3, 0.4) is 0 Å². The van der Waals surface area contributed by atoms with Crippen LogP contribution in [0.5, 0.6) is 0 Å². The molecule has 4 amide bonds. The summed E-state index contributed by atoms with van der Waals surface area (Å²) < 4.78 is 35.7. The number of amides is 4. The van der Waals surface area contributed by atoms with Crippen LogP contribution in [0.1, 0.15) is 10.4 Å². The van der Waals surface area contributed by atoms with Gasteiger partial charge in [-0.25, -0.2) is 4.79 Å². The molecule has 7 nitrogen and oxygen atoms in total. The topological polar surface area (TPSA) is 99.3 Å². The molecule has 0 aromatic heterocycles. The fourth-order valence-electron chi connectivity index (χ4n) is 1.52. The number of rotatable bonds is 5. The van der Waals surface area contributed by atoms with Gasteiger partial charge in [-0.3, -0.25) is 14.9 Å². The number of hydrogen-bond acceptors (Lipinski definition) is 4. The van der Waals surface area contributed by atoms with Crippen molar-refractivity contribution in [3.05, 3.63) is 28.8 Å². The summed E-state index contributed by atoms with van der Waals surface area (Å²) in [6.45, 7) is -1.93. The van der Waals surface area contributed by atoms with Crippen molar-refractivity contribution >= 4 is 35.1 Å². The summed E-state index contributed by atoms with van der Waals surface area (Å²) in [5.74, 6) is -1.23. The number of anilines is 1. The Bertz CT molecular complexity index is 637. The van der Waals surface area contributed by atoms with Gasteiger partial charge in [0.1, 0.15) is 6.54 Å². The highest BCUT2D eigenvalue weighted by Gasteiger charge is 2.27. The van der Waals surface area contributed by atoms with E-state index in [2.05, 4.69) is 10.6 Å². The van der Waals surface area contributed by atoms with Gasteiger partial charge in [0.25, 0.3) is 5.91 Å². The van der Waals surface area contributed by atoms with E-state index in [0.29, 0.717) is 5.69 Å². The fraction of sp³-hybridized carbons (Fsp3) is 0.308. The lowest BCUT2D eigenvalue weighted by molar-refractivity contribution is -0.124. The number of alkyl halides is 3. The van der Waals surface area contributed by atoms with Gasteiger partial charge in [0, 0.05) is 12.7 Å². The third-order valence-electron chi connectivity index (χ3n) is 2.60. The third-order valence-corrected chi connectivity index (χ3v) is 2.91. The minimum atomic E-state index is -4.57. The molecule has 0 aliphatic carbocycles.